The summed E-state index contributed by atoms with van der Waals surface area (Å²) in [5, 5.41) is 4.37. The fourth-order valence-electron chi connectivity index (χ4n) is 4.08. The van der Waals surface area contributed by atoms with Crippen molar-refractivity contribution in [1.82, 2.24) is 5.43 Å². The van der Waals surface area contributed by atoms with Crippen LogP contribution in [0, 0.1) is 23.6 Å². The van der Waals surface area contributed by atoms with E-state index in [2.05, 4.69) is 17.5 Å². The molecule has 0 heterocycles. The van der Waals surface area contributed by atoms with Crippen LogP contribution in [-0.4, -0.2) is 11.6 Å². The van der Waals surface area contributed by atoms with Crippen molar-refractivity contribution in [3.05, 3.63) is 35.6 Å². The second kappa shape index (κ2) is 7.91. The summed E-state index contributed by atoms with van der Waals surface area (Å²) in [4.78, 5) is 12.5. The smallest absolute Gasteiger partial charge is 0.243 e. The second-order valence-corrected chi connectivity index (χ2v) is 7.14. The Morgan fingerprint density at radius 1 is 1.12 bits per heavy atom. The van der Waals surface area contributed by atoms with Crippen molar-refractivity contribution in [3.63, 3.8) is 0 Å². The molecule has 2 fully saturated rings. The Kier molecular flexibility index (Phi) is 5.64. The Morgan fingerprint density at radius 3 is 2.33 bits per heavy atom. The first kappa shape index (κ1) is 17.1. The maximum atomic E-state index is 13.1. The number of hydrazone groups is 1. The first-order valence-corrected chi connectivity index (χ1v) is 9.33. The zero-order chi connectivity index (χ0) is 16.9. The largest absolute Gasteiger partial charge is 0.273 e. The highest BCUT2D eigenvalue weighted by molar-refractivity contribution is 6.01. The highest BCUT2D eigenvalue weighted by atomic mass is 19.1. The van der Waals surface area contributed by atoms with Crippen molar-refractivity contribution in [2.24, 2.45) is 22.9 Å². The molecular weight excluding hydrogens is 303 g/mol. The van der Waals surface area contributed by atoms with E-state index in [0.29, 0.717) is 11.8 Å². The van der Waals surface area contributed by atoms with Gasteiger partial charge in [0, 0.05) is 5.92 Å². The molecule has 0 bridgehead atoms. The maximum Gasteiger partial charge on any atom is 0.243 e. The number of hydrogen-bond donors (Lipinski definition) is 1. The lowest BCUT2D eigenvalue weighted by atomic mass is 10.0. The van der Waals surface area contributed by atoms with Gasteiger partial charge in [-0.3, -0.25) is 4.79 Å². The zero-order valence-corrected chi connectivity index (χ0v) is 14.4. The number of carbonyl (C=O) groups excluding carboxylic acids is 1. The topological polar surface area (TPSA) is 41.5 Å². The number of nitrogens with one attached hydrogen (secondary N) is 1. The van der Waals surface area contributed by atoms with E-state index in [1.54, 1.807) is 12.1 Å². The summed E-state index contributed by atoms with van der Waals surface area (Å²) >= 11 is 0. The molecule has 0 radical (unpaired) electrons. The summed E-state index contributed by atoms with van der Waals surface area (Å²) in [6, 6.07) is 6.32. The summed E-state index contributed by atoms with van der Waals surface area (Å²) in [5.74, 6) is 1.11. The van der Waals surface area contributed by atoms with Gasteiger partial charge in [-0.05, 0) is 48.8 Å². The summed E-state index contributed by atoms with van der Waals surface area (Å²) in [6.45, 7) is 2.07. The predicted octanol–water partition coefficient (Wildman–Crippen LogP) is 4.66. The van der Waals surface area contributed by atoms with E-state index in [9.17, 15) is 9.18 Å². The van der Waals surface area contributed by atoms with Crippen LogP contribution >= 0.6 is 0 Å². The molecule has 3 rings (SSSR count). The SMILES string of the molecule is CCCC(=NNC(=O)C1C2CCCCCCC21)c1ccc(F)cc1. The van der Waals surface area contributed by atoms with Gasteiger partial charge in [0.15, 0.2) is 0 Å². The molecular formula is C20H27FN2O. The van der Waals surface area contributed by atoms with Crippen molar-refractivity contribution in [2.45, 2.75) is 58.3 Å². The first-order valence-electron chi connectivity index (χ1n) is 9.33. The fraction of sp³-hybridized carbons (Fsp3) is 0.600. The first-order chi connectivity index (χ1) is 11.7. The average molecular weight is 330 g/mol. The van der Waals surface area contributed by atoms with Gasteiger partial charge in [0.1, 0.15) is 5.82 Å². The number of amides is 1. The minimum absolute atomic E-state index is 0.0719. The lowest BCUT2D eigenvalue weighted by Gasteiger charge is -2.06. The summed E-state index contributed by atoms with van der Waals surface area (Å²) in [7, 11) is 0. The Hall–Kier alpha value is -1.71. The average Bonchev–Trinajstić information content (AvgIpc) is 3.23. The molecule has 2 aliphatic rings. The molecule has 1 aromatic carbocycles. The van der Waals surface area contributed by atoms with Crippen LogP contribution in [0.3, 0.4) is 0 Å². The maximum absolute atomic E-state index is 13.1. The molecule has 0 saturated heterocycles. The van der Waals surface area contributed by atoms with E-state index in [1.165, 1.54) is 50.7 Å². The number of benzene rings is 1. The zero-order valence-electron chi connectivity index (χ0n) is 14.4. The Bertz CT molecular complexity index is 582. The molecule has 2 unspecified atom stereocenters. The molecule has 1 N–H and O–H groups in total. The molecule has 0 aliphatic heterocycles. The van der Waals surface area contributed by atoms with Gasteiger partial charge in [-0.2, -0.15) is 5.10 Å². The highest BCUT2D eigenvalue weighted by Gasteiger charge is 2.53. The van der Waals surface area contributed by atoms with Crippen molar-refractivity contribution < 1.29 is 9.18 Å². The highest BCUT2D eigenvalue weighted by Crippen LogP contribution is 2.53. The van der Waals surface area contributed by atoms with Crippen molar-refractivity contribution in [1.29, 1.82) is 0 Å². The van der Waals surface area contributed by atoms with E-state index in [1.807, 2.05) is 0 Å². The normalized spacial score (nSPS) is 26.9. The van der Waals surface area contributed by atoms with E-state index in [4.69, 9.17) is 0 Å². The van der Waals surface area contributed by atoms with Crippen LogP contribution in [0.5, 0.6) is 0 Å². The summed E-state index contributed by atoms with van der Waals surface area (Å²) in [5.41, 5.74) is 4.49. The van der Waals surface area contributed by atoms with Gasteiger partial charge < -0.3 is 0 Å². The van der Waals surface area contributed by atoms with Gasteiger partial charge in [-0.15, -0.1) is 0 Å². The van der Waals surface area contributed by atoms with Crippen LogP contribution in [0.2, 0.25) is 0 Å². The quantitative estimate of drug-likeness (QED) is 0.619. The number of rotatable bonds is 5. The molecule has 130 valence electrons. The molecule has 2 aliphatic carbocycles. The van der Waals surface area contributed by atoms with Crippen molar-refractivity contribution >= 4 is 11.6 Å². The van der Waals surface area contributed by atoms with Crippen molar-refractivity contribution in [3.8, 4) is 0 Å². The monoisotopic (exact) mass is 330 g/mol. The summed E-state index contributed by atoms with van der Waals surface area (Å²) in [6.07, 6.45) is 9.19. The number of fused-ring (bicyclic) bond motifs is 1. The molecule has 2 saturated carbocycles. The van der Waals surface area contributed by atoms with Gasteiger partial charge in [0.25, 0.3) is 0 Å². The minimum atomic E-state index is -0.257. The van der Waals surface area contributed by atoms with Crippen LogP contribution in [0.25, 0.3) is 0 Å². The molecule has 4 heteroatoms. The van der Waals surface area contributed by atoms with Crippen LogP contribution in [0.1, 0.15) is 63.9 Å². The van der Waals surface area contributed by atoms with Crippen LogP contribution in [0.4, 0.5) is 4.39 Å². The molecule has 2 atom stereocenters. The number of halogens is 1. The van der Waals surface area contributed by atoms with Crippen LogP contribution in [-0.2, 0) is 4.79 Å². The summed E-state index contributed by atoms with van der Waals surface area (Å²) < 4.78 is 13.1. The van der Waals surface area contributed by atoms with Crippen LogP contribution in [0.15, 0.2) is 29.4 Å². The Labute approximate surface area is 143 Å². The molecule has 24 heavy (non-hydrogen) atoms. The molecule has 1 aromatic rings. The predicted molar refractivity (Wildman–Crippen MR) is 94.2 cm³/mol. The lowest BCUT2D eigenvalue weighted by molar-refractivity contribution is -0.122. The fourth-order valence-corrected chi connectivity index (χ4v) is 4.08. The second-order valence-electron chi connectivity index (χ2n) is 7.14. The number of nitrogens with zero attached hydrogens (tertiary/aromatic N) is 1. The van der Waals surface area contributed by atoms with E-state index >= 15 is 0 Å². The van der Waals surface area contributed by atoms with Crippen LogP contribution < -0.4 is 5.43 Å². The Morgan fingerprint density at radius 2 is 1.75 bits per heavy atom. The van der Waals surface area contributed by atoms with E-state index in [-0.39, 0.29) is 17.6 Å². The molecule has 0 spiro atoms. The standard InChI is InChI=1S/C20H27FN2O/c1-2-7-18(14-10-12-15(21)13-11-14)22-23-20(24)19-16-8-5-3-4-6-9-17(16)19/h10-13,16-17,19H,2-9H2,1H3,(H,23,24). The van der Waals surface area contributed by atoms with Gasteiger partial charge in [0.05, 0.1) is 5.71 Å². The third-order valence-electron chi connectivity index (χ3n) is 5.42. The van der Waals surface area contributed by atoms with Gasteiger partial charge in [-0.25, -0.2) is 9.82 Å². The number of carbonyl (C=O) groups is 1. The van der Waals surface area contributed by atoms with Gasteiger partial charge >= 0.3 is 0 Å². The van der Waals surface area contributed by atoms with E-state index in [0.717, 1.165) is 24.1 Å². The number of hydrogen-bond acceptors (Lipinski definition) is 2. The van der Waals surface area contributed by atoms with E-state index < -0.39 is 0 Å². The molecule has 0 aromatic heterocycles. The Balaban J connectivity index is 1.63. The molecule has 1 amide bonds. The van der Waals surface area contributed by atoms with Gasteiger partial charge in [0.2, 0.25) is 5.91 Å². The molecule has 3 nitrogen and oxygen atoms in total. The van der Waals surface area contributed by atoms with Crippen molar-refractivity contribution in [2.75, 3.05) is 0 Å². The minimum Gasteiger partial charge on any atom is -0.273 e. The lowest BCUT2D eigenvalue weighted by Crippen LogP contribution is -2.23. The van der Waals surface area contributed by atoms with Gasteiger partial charge in [-0.1, -0.05) is 51.2 Å². The third kappa shape index (κ3) is 4.03. The third-order valence-corrected chi connectivity index (χ3v) is 5.42.